The van der Waals surface area contributed by atoms with E-state index in [1.165, 1.54) is 0 Å². The Labute approximate surface area is 191 Å². The van der Waals surface area contributed by atoms with Crippen LogP contribution in [0.3, 0.4) is 0 Å². The van der Waals surface area contributed by atoms with Crippen molar-refractivity contribution < 1.29 is 9.26 Å². The number of benzene rings is 4. The Morgan fingerprint density at radius 2 is 0.781 bits per heavy atom. The molecular formula is C29H29O2P. The molecule has 0 aliphatic carbocycles. The van der Waals surface area contributed by atoms with Crippen LogP contribution in [0, 0.1) is 0 Å². The molecule has 0 bridgehead atoms. The summed E-state index contributed by atoms with van der Waals surface area (Å²) >= 11 is 0. The van der Waals surface area contributed by atoms with Gasteiger partial charge in [0.15, 0.2) is 0 Å². The van der Waals surface area contributed by atoms with Crippen LogP contribution in [0.4, 0.5) is 0 Å². The molecule has 0 aliphatic rings. The molecule has 32 heavy (non-hydrogen) atoms. The summed E-state index contributed by atoms with van der Waals surface area (Å²) in [5.74, 6) is 0.545. The first-order chi connectivity index (χ1) is 15.6. The van der Waals surface area contributed by atoms with Gasteiger partial charge >= 0.3 is 191 Å². The fraction of sp³-hybridized carbons (Fsp3) is 0.103. The van der Waals surface area contributed by atoms with Gasteiger partial charge in [-0.15, -0.1) is 0 Å². The standard InChI is InChI=1S/C29H29O2P/c1-24(2)29(30-3)31-32(25-16-8-4-9-17-25,26-18-10-5-11-19-26,27-20-12-6-13-21-27)28-22-14-7-15-23-28/h4-23H,1-3H3. The molecule has 0 heterocycles. The van der Waals surface area contributed by atoms with Crippen molar-refractivity contribution in [2.24, 2.45) is 0 Å². The van der Waals surface area contributed by atoms with Gasteiger partial charge in [-0.25, -0.2) is 0 Å². The molecule has 3 heteroatoms. The zero-order valence-electron chi connectivity index (χ0n) is 18.8. The van der Waals surface area contributed by atoms with Gasteiger partial charge in [-0.05, 0) is 0 Å². The van der Waals surface area contributed by atoms with Crippen LogP contribution in [0.2, 0.25) is 0 Å². The number of allylic oxidation sites excluding steroid dienone is 1. The summed E-state index contributed by atoms with van der Waals surface area (Å²) in [5, 5.41) is 4.49. The van der Waals surface area contributed by atoms with Crippen molar-refractivity contribution in [3.05, 3.63) is 133 Å². The Morgan fingerprint density at radius 1 is 0.500 bits per heavy atom. The first kappa shape index (κ1) is 21.9. The minimum atomic E-state index is -3.71. The summed E-state index contributed by atoms with van der Waals surface area (Å²) in [6, 6.07) is 42.4. The first-order valence-electron chi connectivity index (χ1n) is 10.8. The van der Waals surface area contributed by atoms with Crippen LogP contribution in [0.5, 0.6) is 0 Å². The van der Waals surface area contributed by atoms with Gasteiger partial charge in [0.2, 0.25) is 0 Å². The molecule has 0 unspecified atom stereocenters. The minimum absolute atomic E-state index is 0.545. The molecule has 4 aromatic carbocycles. The van der Waals surface area contributed by atoms with Crippen molar-refractivity contribution in [1.29, 1.82) is 0 Å². The maximum absolute atomic E-state index is 7.37. The summed E-state index contributed by atoms with van der Waals surface area (Å²) in [7, 11) is 1.68. The Bertz CT molecular complexity index is 1010. The van der Waals surface area contributed by atoms with E-state index in [-0.39, 0.29) is 0 Å². The fourth-order valence-corrected chi connectivity index (χ4v) is 10.2. The van der Waals surface area contributed by atoms with E-state index in [1.54, 1.807) is 7.11 Å². The van der Waals surface area contributed by atoms with Gasteiger partial charge < -0.3 is 0 Å². The van der Waals surface area contributed by atoms with E-state index in [4.69, 9.17) is 9.26 Å². The van der Waals surface area contributed by atoms with Crippen molar-refractivity contribution in [3.8, 4) is 0 Å². The van der Waals surface area contributed by atoms with E-state index < -0.39 is 6.83 Å². The summed E-state index contributed by atoms with van der Waals surface area (Å²) in [6.45, 7) is 0.338. The molecular weight excluding hydrogens is 411 g/mol. The maximum atomic E-state index is 7.37. The molecule has 2 nitrogen and oxygen atoms in total. The van der Waals surface area contributed by atoms with Gasteiger partial charge in [0, 0.05) is 0 Å². The van der Waals surface area contributed by atoms with Crippen LogP contribution in [-0.2, 0) is 9.26 Å². The van der Waals surface area contributed by atoms with Crippen LogP contribution >= 0.6 is 6.83 Å². The summed E-state index contributed by atoms with van der Waals surface area (Å²) < 4.78 is 13.2. The van der Waals surface area contributed by atoms with Crippen molar-refractivity contribution in [1.82, 2.24) is 0 Å². The molecule has 0 amide bonds. The summed E-state index contributed by atoms with van der Waals surface area (Å²) in [6.07, 6.45) is 0. The average molecular weight is 441 g/mol. The monoisotopic (exact) mass is 440 g/mol. The average Bonchev–Trinajstić information content (AvgIpc) is 2.87. The molecule has 162 valence electrons. The Balaban J connectivity index is 2.31. The third-order valence-electron chi connectivity index (χ3n) is 5.85. The van der Waals surface area contributed by atoms with Crippen LogP contribution in [0.1, 0.15) is 13.8 Å². The number of methoxy groups -OCH3 is 1. The Morgan fingerprint density at radius 3 is 1.00 bits per heavy atom. The molecule has 0 N–H and O–H groups in total. The molecule has 0 saturated heterocycles. The molecule has 0 aliphatic heterocycles. The van der Waals surface area contributed by atoms with Crippen molar-refractivity contribution in [3.63, 3.8) is 0 Å². The van der Waals surface area contributed by atoms with Crippen LogP contribution in [0.25, 0.3) is 0 Å². The quantitative estimate of drug-likeness (QED) is 0.272. The summed E-state index contributed by atoms with van der Waals surface area (Å²) in [5.41, 5.74) is 0.986. The number of hydrogen-bond donors (Lipinski definition) is 0. The van der Waals surface area contributed by atoms with Crippen LogP contribution in [0.15, 0.2) is 133 Å². The van der Waals surface area contributed by atoms with Crippen LogP contribution in [-0.4, -0.2) is 7.11 Å². The predicted octanol–water partition coefficient (Wildman–Crippen LogP) is 5.67. The second-order valence-electron chi connectivity index (χ2n) is 7.96. The zero-order chi connectivity index (χ0) is 22.5. The topological polar surface area (TPSA) is 18.5 Å². The molecule has 4 rings (SSSR count). The van der Waals surface area contributed by atoms with Gasteiger partial charge in [-0.3, -0.25) is 0 Å². The molecule has 4 aromatic rings. The molecule has 0 fully saturated rings. The molecule has 0 spiro atoms. The molecule has 0 saturated carbocycles. The van der Waals surface area contributed by atoms with E-state index in [9.17, 15) is 0 Å². The summed E-state index contributed by atoms with van der Waals surface area (Å²) in [4.78, 5) is 0. The van der Waals surface area contributed by atoms with Crippen molar-refractivity contribution in [2.45, 2.75) is 13.8 Å². The van der Waals surface area contributed by atoms with E-state index in [0.29, 0.717) is 5.95 Å². The first-order valence-corrected chi connectivity index (χ1v) is 12.9. The van der Waals surface area contributed by atoms with E-state index >= 15 is 0 Å². The second kappa shape index (κ2) is 9.02. The number of hydrogen-bond acceptors (Lipinski definition) is 2. The predicted molar refractivity (Wildman–Crippen MR) is 138 cm³/mol. The van der Waals surface area contributed by atoms with Gasteiger partial charge in [-0.2, -0.15) is 0 Å². The Hall–Kier alpha value is -3.35. The van der Waals surface area contributed by atoms with Gasteiger partial charge in [-0.1, -0.05) is 0 Å². The number of ether oxygens (including phenoxy) is 1. The molecule has 0 aromatic heterocycles. The zero-order valence-corrected chi connectivity index (χ0v) is 19.7. The SMILES string of the molecule is COC(OP(c1ccccc1)(c1ccccc1)(c1ccccc1)c1ccccc1)=C(C)C. The second-order valence-corrected chi connectivity index (χ2v) is 12.3. The molecule has 0 radical (unpaired) electrons. The van der Waals surface area contributed by atoms with Gasteiger partial charge in [0.1, 0.15) is 0 Å². The molecule has 0 atom stereocenters. The van der Waals surface area contributed by atoms with Crippen molar-refractivity contribution >= 4 is 28.0 Å². The van der Waals surface area contributed by atoms with Gasteiger partial charge in [0.25, 0.3) is 0 Å². The van der Waals surface area contributed by atoms with E-state index in [1.807, 2.05) is 38.1 Å². The third-order valence-corrected chi connectivity index (χ3v) is 11.5. The Kier molecular flexibility index (Phi) is 6.17. The van der Waals surface area contributed by atoms with E-state index in [0.717, 1.165) is 26.8 Å². The normalized spacial score (nSPS) is 12.3. The number of rotatable bonds is 7. The van der Waals surface area contributed by atoms with Crippen molar-refractivity contribution in [2.75, 3.05) is 7.11 Å². The fourth-order valence-electron chi connectivity index (χ4n) is 4.45. The van der Waals surface area contributed by atoms with Crippen LogP contribution < -0.4 is 21.2 Å². The van der Waals surface area contributed by atoms with E-state index in [2.05, 4.69) is 97.1 Å². The third kappa shape index (κ3) is 3.32. The van der Waals surface area contributed by atoms with Gasteiger partial charge in [0.05, 0.1) is 0 Å².